The van der Waals surface area contributed by atoms with Gasteiger partial charge in [-0.1, -0.05) is 12.1 Å². The van der Waals surface area contributed by atoms with E-state index in [1.54, 1.807) is 9.47 Å². The minimum Gasteiger partial charge on any atom is -0.396 e. The molecule has 8 nitrogen and oxygen atoms in total. The number of amides is 2. The number of benzene rings is 2. The number of aliphatic hydroxyl groups is 1. The van der Waals surface area contributed by atoms with Crippen molar-refractivity contribution in [1.82, 2.24) is 14.5 Å². The summed E-state index contributed by atoms with van der Waals surface area (Å²) in [6, 6.07) is 11.4. The first-order valence-corrected chi connectivity index (χ1v) is 12.6. The number of aromatic nitrogens is 2. The zero-order valence-corrected chi connectivity index (χ0v) is 21.0. The van der Waals surface area contributed by atoms with Crippen LogP contribution < -0.4 is 10.5 Å². The lowest BCUT2D eigenvalue weighted by Crippen LogP contribution is -2.63. The van der Waals surface area contributed by atoms with E-state index in [-0.39, 0.29) is 29.3 Å². The second kappa shape index (κ2) is 9.83. The van der Waals surface area contributed by atoms with Gasteiger partial charge in [-0.25, -0.2) is 8.78 Å². The van der Waals surface area contributed by atoms with Crippen LogP contribution in [0.5, 0.6) is 0 Å². The molecule has 1 aliphatic carbocycles. The molecule has 2 heterocycles. The Morgan fingerprint density at radius 1 is 1.19 bits per heavy atom. The van der Waals surface area contributed by atoms with Gasteiger partial charge in [-0.15, -0.1) is 0 Å². The Balaban J connectivity index is 1.51. The Bertz CT molecular complexity index is 1410. The molecule has 0 radical (unpaired) electrons. The van der Waals surface area contributed by atoms with Crippen molar-refractivity contribution in [2.75, 3.05) is 24.6 Å². The summed E-state index contributed by atoms with van der Waals surface area (Å²) in [5.41, 5.74) is 1.66. The lowest BCUT2D eigenvalue weighted by molar-refractivity contribution is -0.132. The minimum absolute atomic E-state index is 0.0451. The molecule has 0 unspecified atom stereocenters. The topological polar surface area (TPSA) is 93.9 Å². The second-order valence-electron chi connectivity index (χ2n) is 10.2. The van der Waals surface area contributed by atoms with E-state index >= 15 is 0 Å². The third-order valence-electron chi connectivity index (χ3n) is 7.26. The van der Waals surface area contributed by atoms with E-state index < -0.39 is 17.9 Å². The third kappa shape index (κ3) is 4.83. The van der Waals surface area contributed by atoms with E-state index in [0.29, 0.717) is 31.1 Å². The number of alkyl halides is 2. The molecule has 37 heavy (non-hydrogen) atoms. The van der Waals surface area contributed by atoms with Gasteiger partial charge in [0.25, 0.3) is 12.3 Å². The fraction of sp³-hybridized carbons (Fsp3) is 0.444. The number of hydrogen-bond donors (Lipinski definition) is 2. The highest BCUT2D eigenvalue weighted by molar-refractivity contribution is 6.01. The number of carbonyl (C=O) groups excluding carboxylic acids is 2. The number of nitrogens with zero attached hydrogens (tertiary/aromatic N) is 4. The van der Waals surface area contributed by atoms with Crippen LogP contribution in [0, 0.1) is 0 Å². The molecular weight excluding hydrogens is 480 g/mol. The predicted molar refractivity (Wildman–Crippen MR) is 135 cm³/mol. The smallest absolute Gasteiger partial charge is 0.280 e. The van der Waals surface area contributed by atoms with Crippen LogP contribution in [-0.4, -0.2) is 62.6 Å². The second-order valence-corrected chi connectivity index (χ2v) is 10.2. The number of H-pyrrole nitrogens is 1. The van der Waals surface area contributed by atoms with E-state index in [2.05, 4.69) is 14.9 Å². The average molecular weight is 512 g/mol. The van der Waals surface area contributed by atoms with Crippen molar-refractivity contribution in [2.45, 2.75) is 57.7 Å². The van der Waals surface area contributed by atoms with E-state index in [1.165, 1.54) is 18.2 Å². The van der Waals surface area contributed by atoms with E-state index in [1.807, 2.05) is 32.0 Å². The van der Waals surface area contributed by atoms with Gasteiger partial charge < -0.3 is 19.6 Å². The number of aromatic amines is 1. The van der Waals surface area contributed by atoms with E-state index in [9.17, 15) is 23.5 Å². The van der Waals surface area contributed by atoms with Crippen molar-refractivity contribution in [3.05, 3.63) is 59.2 Å². The highest BCUT2D eigenvalue weighted by Gasteiger charge is 2.47. The number of piperazine rings is 1. The molecule has 0 bridgehead atoms. The Labute approximate surface area is 213 Å². The van der Waals surface area contributed by atoms with Crippen molar-refractivity contribution < 1.29 is 23.5 Å². The van der Waals surface area contributed by atoms with Crippen LogP contribution in [0.4, 0.5) is 14.5 Å². The van der Waals surface area contributed by atoms with Crippen molar-refractivity contribution in [2.24, 2.45) is 4.99 Å². The molecule has 10 heteroatoms. The van der Waals surface area contributed by atoms with Gasteiger partial charge in [-0.05, 0) is 63.4 Å². The molecular formula is C27H31F2N5O3. The molecule has 2 amide bonds. The van der Waals surface area contributed by atoms with E-state index in [4.69, 9.17) is 0 Å². The number of aryl methyl sites for hydroxylation is 1. The first-order chi connectivity index (χ1) is 17.7. The van der Waals surface area contributed by atoms with Crippen LogP contribution in [0.3, 0.4) is 0 Å². The Kier molecular flexibility index (Phi) is 6.72. The Hall–Kier alpha value is -3.37. The lowest BCUT2D eigenvalue weighted by Gasteiger charge is -2.46. The fourth-order valence-electron chi connectivity index (χ4n) is 5.15. The van der Waals surface area contributed by atoms with Crippen LogP contribution in [0.25, 0.3) is 11.0 Å². The maximum absolute atomic E-state index is 13.4. The van der Waals surface area contributed by atoms with Crippen LogP contribution in [-0.2, 0) is 11.3 Å². The summed E-state index contributed by atoms with van der Waals surface area (Å²) in [6.45, 7) is 5.69. The van der Waals surface area contributed by atoms with Gasteiger partial charge >= 0.3 is 0 Å². The predicted octanol–water partition coefficient (Wildman–Crippen LogP) is 3.62. The minimum atomic E-state index is -2.69. The summed E-state index contributed by atoms with van der Waals surface area (Å²) in [7, 11) is 0. The van der Waals surface area contributed by atoms with Crippen molar-refractivity contribution >= 4 is 28.5 Å². The number of rotatable bonds is 7. The molecule has 2 aliphatic rings. The van der Waals surface area contributed by atoms with Gasteiger partial charge in [0.2, 0.25) is 11.5 Å². The summed E-state index contributed by atoms with van der Waals surface area (Å²) in [5.74, 6) is -0.608. The maximum atomic E-state index is 13.4. The number of aliphatic hydroxyl groups excluding tert-OH is 1. The number of carbonyl (C=O) groups is 2. The van der Waals surface area contributed by atoms with Crippen LogP contribution in [0.2, 0.25) is 0 Å². The van der Waals surface area contributed by atoms with Crippen LogP contribution in [0.1, 0.15) is 55.5 Å². The number of halogens is 2. The van der Waals surface area contributed by atoms with Crippen molar-refractivity contribution in [1.29, 1.82) is 0 Å². The van der Waals surface area contributed by atoms with E-state index in [0.717, 1.165) is 36.7 Å². The molecule has 2 fully saturated rings. The largest absolute Gasteiger partial charge is 0.396 e. The molecule has 1 saturated heterocycles. The lowest BCUT2D eigenvalue weighted by atomic mass is 9.96. The molecule has 2 N–H and O–H groups in total. The molecule has 2 aromatic carbocycles. The first-order valence-electron chi connectivity index (χ1n) is 12.6. The number of anilines is 1. The summed E-state index contributed by atoms with van der Waals surface area (Å²) < 4.78 is 28.0. The average Bonchev–Trinajstić information content (AvgIpc) is 3.66. The Morgan fingerprint density at radius 3 is 2.68 bits per heavy atom. The monoisotopic (exact) mass is 511 g/mol. The normalized spacial score (nSPS) is 18.8. The summed E-state index contributed by atoms with van der Waals surface area (Å²) in [4.78, 5) is 37.8. The van der Waals surface area contributed by atoms with Crippen molar-refractivity contribution in [3.8, 4) is 0 Å². The van der Waals surface area contributed by atoms with Gasteiger partial charge in [-0.3, -0.25) is 14.5 Å². The van der Waals surface area contributed by atoms with Gasteiger partial charge in [0.05, 0.1) is 16.6 Å². The molecule has 1 saturated carbocycles. The number of imidazole rings is 1. The quantitative estimate of drug-likeness (QED) is 0.507. The van der Waals surface area contributed by atoms with Gasteiger partial charge in [0, 0.05) is 49.1 Å². The van der Waals surface area contributed by atoms with Crippen LogP contribution in [0.15, 0.2) is 47.5 Å². The Morgan fingerprint density at radius 2 is 1.97 bits per heavy atom. The SMILES string of the molecule is CC1(C)C(=O)N(c2ccc3c(c2)[nH]/c(=N\C(=O)c2cccc(C(F)F)c2)n3CCCO)CCN1C1CC1. The molecule has 196 valence electrons. The zero-order valence-electron chi connectivity index (χ0n) is 21.0. The summed E-state index contributed by atoms with van der Waals surface area (Å²) in [5, 5.41) is 9.39. The molecule has 0 atom stereocenters. The molecule has 0 spiro atoms. The van der Waals surface area contributed by atoms with Gasteiger partial charge in [-0.2, -0.15) is 4.99 Å². The number of hydrogen-bond acceptors (Lipinski definition) is 4. The zero-order chi connectivity index (χ0) is 26.3. The third-order valence-corrected chi connectivity index (χ3v) is 7.26. The summed E-state index contributed by atoms with van der Waals surface area (Å²) >= 11 is 0. The molecule has 1 aromatic heterocycles. The molecule has 3 aromatic rings. The highest BCUT2D eigenvalue weighted by Crippen LogP contribution is 2.37. The van der Waals surface area contributed by atoms with Crippen LogP contribution >= 0.6 is 0 Å². The fourth-order valence-corrected chi connectivity index (χ4v) is 5.15. The van der Waals surface area contributed by atoms with Gasteiger partial charge in [0.15, 0.2) is 0 Å². The molecule has 1 aliphatic heterocycles. The number of nitrogens with one attached hydrogen (secondary N) is 1. The number of fused-ring (bicyclic) bond motifs is 1. The van der Waals surface area contributed by atoms with Crippen molar-refractivity contribution in [3.63, 3.8) is 0 Å². The summed E-state index contributed by atoms with van der Waals surface area (Å²) in [6.07, 6.45) is 0.0205. The first kappa shape index (κ1) is 25.3. The highest BCUT2D eigenvalue weighted by atomic mass is 19.3. The van der Waals surface area contributed by atoms with Gasteiger partial charge in [0.1, 0.15) is 0 Å². The standard InChI is InChI=1S/C27H31F2N5O3/c1-27(2)25(37)32(12-13-34(27)19-7-8-19)20-9-10-22-21(16-20)30-26(33(22)11-4-14-35)31-24(36)18-6-3-5-17(15-18)23(28)29/h3,5-6,9-10,15-16,19,23,35H,4,7-8,11-14H2,1-2H3,(H,30,31,36). The molecule has 5 rings (SSSR count). The maximum Gasteiger partial charge on any atom is 0.280 e.